The van der Waals surface area contributed by atoms with E-state index < -0.39 is 0 Å². The van der Waals surface area contributed by atoms with E-state index in [1.807, 2.05) is 6.07 Å². The van der Waals surface area contributed by atoms with Gasteiger partial charge in [0.1, 0.15) is 5.82 Å². The highest BCUT2D eigenvalue weighted by Crippen LogP contribution is 2.07. The van der Waals surface area contributed by atoms with Gasteiger partial charge in [-0.05, 0) is 23.8 Å². The van der Waals surface area contributed by atoms with Crippen molar-refractivity contribution in [1.82, 2.24) is 5.32 Å². The molecule has 0 spiro atoms. The van der Waals surface area contributed by atoms with E-state index in [0.29, 0.717) is 25.2 Å². The molecule has 0 atom stereocenters. The Morgan fingerprint density at radius 3 is 2.86 bits per heavy atom. The smallest absolute Gasteiger partial charge is 0.124 e. The summed E-state index contributed by atoms with van der Waals surface area (Å²) in [4.78, 5) is 0. The van der Waals surface area contributed by atoms with Gasteiger partial charge in [0.2, 0.25) is 0 Å². The summed E-state index contributed by atoms with van der Waals surface area (Å²) in [5, 5.41) is 11.6. The van der Waals surface area contributed by atoms with E-state index in [-0.39, 0.29) is 5.82 Å². The van der Waals surface area contributed by atoms with Crippen LogP contribution in [0.25, 0.3) is 0 Å². The Labute approximate surface area is 82.3 Å². The maximum Gasteiger partial charge on any atom is 0.124 e. The second-order valence-corrected chi connectivity index (χ2v) is 2.93. The molecule has 0 aromatic heterocycles. The second-order valence-electron chi connectivity index (χ2n) is 2.93. The van der Waals surface area contributed by atoms with E-state index in [0.717, 1.165) is 5.56 Å². The lowest BCUT2D eigenvalue weighted by atomic mass is 10.1. The van der Waals surface area contributed by atoms with Crippen LogP contribution in [-0.4, -0.2) is 13.1 Å². The molecule has 0 bridgehead atoms. The molecule has 3 nitrogen and oxygen atoms in total. The topological polar surface area (TPSA) is 61.8 Å². The first-order valence-corrected chi connectivity index (χ1v) is 4.36. The van der Waals surface area contributed by atoms with Gasteiger partial charge < -0.3 is 11.1 Å². The zero-order valence-electron chi connectivity index (χ0n) is 7.76. The second kappa shape index (κ2) is 5.32. The van der Waals surface area contributed by atoms with E-state index >= 15 is 0 Å². The van der Waals surface area contributed by atoms with Crippen LogP contribution in [0, 0.1) is 17.1 Å². The van der Waals surface area contributed by atoms with Gasteiger partial charge in [-0.3, -0.25) is 0 Å². The summed E-state index contributed by atoms with van der Waals surface area (Å²) in [7, 11) is 0. The molecule has 0 fully saturated rings. The third-order valence-electron chi connectivity index (χ3n) is 1.74. The molecule has 0 heterocycles. The average Bonchev–Trinajstić information content (AvgIpc) is 2.17. The van der Waals surface area contributed by atoms with Crippen LogP contribution in [0.1, 0.15) is 11.1 Å². The fraction of sp³-hybridized carbons (Fsp3) is 0.300. The van der Waals surface area contributed by atoms with E-state index in [1.54, 1.807) is 6.07 Å². The van der Waals surface area contributed by atoms with E-state index in [9.17, 15) is 4.39 Å². The lowest BCUT2D eigenvalue weighted by Gasteiger charge is -2.03. The Morgan fingerprint density at radius 1 is 1.43 bits per heavy atom. The van der Waals surface area contributed by atoms with E-state index in [1.165, 1.54) is 12.1 Å². The van der Waals surface area contributed by atoms with Crippen molar-refractivity contribution >= 4 is 0 Å². The minimum Gasteiger partial charge on any atom is -0.329 e. The van der Waals surface area contributed by atoms with E-state index in [2.05, 4.69) is 5.32 Å². The van der Waals surface area contributed by atoms with Gasteiger partial charge in [-0.1, -0.05) is 0 Å². The Hall–Kier alpha value is -1.44. The van der Waals surface area contributed by atoms with Crippen LogP contribution in [0.3, 0.4) is 0 Å². The molecule has 0 unspecified atom stereocenters. The number of hydrogen-bond acceptors (Lipinski definition) is 3. The fourth-order valence-corrected chi connectivity index (χ4v) is 1.15. The first-order chi connectivity index (χ1) is 6.76. The molecular weight excluding hydrogens is 181 g/mol. The van der Waals surface area contributed by atoms with E-state index in [4.69, 9.17) is 11.0 Å². The summed E-state index contributed by atoms with van der Waals surface area (Å²) in [5.41, 5.74) is 6.39. The van der Waals surface area contributed by atoms with Crippen LogP contribution in [0.5, 0.6) is 0 Å². The van der Waals surface area contributed by atoms with Crippen LogP contribution in [0.15, 0.2) is 18.2 Å². The molecular formula is C10H12FN3. The van der Waals surface area contributed by atoms with Crippen LogP contribution in [0.4, 0.5) is 4.39 Å². The number of benzene rings is 1. The molecule has 0 saturated heterocycles. The lowest BCUT2D eigenvalue weighted by molar-refractivity contribution is 0.620. The SMILES string of the molecule is N#Cc1cc(F)cc(CNCCN)c1. The highest BCUT2D eigenvalue weighted by molar-refractivity contribution is 5.33. The zero-order valence-corrected chi connectivity index (χ0v) is 7.76. The molecule has 0 radical (unpaired) electrons. The van der Waals surface area contributed by atoms with Gasteiger partial charge in [0.25, 0.3) is 0 Å². The molecule has 14 heavy (non-hydrogen) atoms. The van der Waals surface area contributed by atoms with Crippen molar-refractivity contribution in [2.24, 2.45) is 5.73 Å². The first-order valence-electron chi connectivity index (χ1n) is 4.36. The Kier molecular flexibility index (Phi) is 4.05. The normalized spacial score (nSPS) is 9.79. The highest BCUT2D eigenvalue weighted by Gasteiger charge is 1.99. The van der Waals surface area contributed by atoms with Crippen molar-refractivity contribution in [1.29, 1.82) is 5.26 Å². The van der Waals surface area contributed by atoms with Crippen molar-refractivity contribution < 1.29 is 4.39 Å². The molecule has 0 aliphatic rings. The molecule has 0 saturated carbocycles. The van der Waals surface area contributed by atoms with Gasteiger partial charge in [-0.2, -0.15) is 5.26 Å². The maximum absolute atomic E-state index is 12.9. The predicted molar refractivity (Wildman–Crippen MR) is 51.9 cm³/mol. The standard InChI is InChI=1S/C10H12FN3/c11-10-4-8(6-13)3-9(5-10)7-14-2-1-12/h3-5,14H,1-2,7,12H2. The van der Waals surface area contributed by atoms with Crippen molar-refractivity contribution in [3.63, 3.8) is 0 Å². The summed E-state index contributed by atoms with van der Waals surface area (Å²) < 4.78 is 12.9. The minimum atomic E-state index is -0.381. The molecule has 4 heteroatoms. The molecule has 0 aliphatic heterocycles. The average molecular weight is 193 g/mol. The fourth-order valence-electron chi connectivity index (χ4n) is 1.15. The maximum atomic E-state index is 12.9. The molecule has 1 rings (SSSR count). The number of nitriles is 1. The number of rotatable bonds is 4. The van der Waals surface area contributed by atoms with Crippen LogP contribution in [0.2, 0.25) is 0 Å². The highest BCUT2D eigenvalue weighted by atomic mass is 19.1. The zero-order chi connectivity index (χ0) is 10.4. The molecule has 74 valence electrons. The van der Waals surface area contributed by atoms with Crippen LogP contribution >= 0.6 is 0 Å². The minimum absolute atomic E-state index is 0.342. The quantitative estimate of drug-likeness (QED) is 0.693. The predicted octanol–water partition coefficient (Wildman–Crippen LogP) is 0.746. The molecule has 0 amide bonds. The number of halogens is 1. The summed E-state index contributed by atoms with van der Waals surface area (Å²) in [6, 6.07) is 6.19. The van der Waals surface area contributed by atoms with Gasteiger partial charge in [0.15, 0.2) is 0 Å². The first kappa shape index (κ1) is 10.6. The largest absolute Gasteiger partial charge is 0.329 e. The number of hydrogen-bond donors (Lipinski definition) is 2. The third-order valence-corrected chi connectivity index (χ3v) is 1.74. The molecule has 3 N–H and O–H groups in total. The monoisotopic (exact) mass is 193 g/mol. The summed E-state index contributed by atoms with van der Waals surface area (Å²) in [6.45, 7) is 1.75. The summed E-state index contributed by atoms with van der Waals surface area (Å²) >= 11 is 0. The Bertz CT molecular complexity index is 344. The number of nitrogens with one attached hydrogen (secondary N) is 1. The molecule has 1 aromatic carbocycles. The van der Waals surface area contributed by atoms with Gasteiger partial charge >= 0.3 is 0 Å². The van der Waals surface area contributed by atoms with Gasteiger partial charge in [0, 0.05) is 19.6 Å². The third kappa shape index (κ3) is 3.13. The summed E-state index contributed by atoms with van der Waals surface area (Å²) in [6.07, 6.45) is 0. The Balaban J connectivity index is 2.68. The van der Waals surface area contributed by atoms with Crippen LogP contribution < -0.4 is 11.1 Å². The number of nitrogens with two attached hydrogens (primary N) is 1. The molecule has 0 aliphatic carbocycles. The van der Waals surface area contributed by atoms with Crippen molar-refractivity contribution in [2.45, 2.75) is 6.54 Å². The van der Waals surface area contributed by atoms with Gasteiger partial charge in [-0.25, -0.2) is 4.39 Å². The Morgan fingerprint density at radius 2 is 2.21 bits per heavy atom. The molecule has 1 aromatic rings. The lowest BCUT2D eigenvalue weighted by Crippen LogP contribution is -2.21. The summed E-state index contributed by atoms with van der Waals surface area (Å²) in [5.74, 6) is -0.381. The van der Waals surface area contributed by atoms with Crippen molar-refractivity contribution in [3.8, 4) is 6.07 Å². The van der Waals surface area contributed by atoms with Gasteiger partial charge in [-0.15, -0.1) is 0 Å². The van der Waals surface area contributed by atoms with Crippen LogP contribution in [-0.2, 0) is 6.54 Å². The van der Waals surface area contributed by atoms with Crippen molar-refractivity contribution in [3.05, 3.63) is 35.1 Å². The van der Waals surface area contributed by atoms with Gasteiger partial charge in [0.05, 0.1) is 11.6 Å². The number of nitrogens with zero attached hydrogens (tertiary/aromatic N) is 1. The van der Waals surface area contributed by atoms with Crippen molar-refractivity contribution in [2.75, 3.05) is 13.1 Å².